The van der Waals surface area contributed by atoms with E-state index in [0.717, 1.165) is 54.7 Å². The van der Waals surface area contributed by atoms with Gasteiger partial charge in [0.2, 0.25) is 18.2 Å². The number of carbonyl (C=O) groups is 4. The lowest BCUT2D eigenvalue weighted by atomic mass is 9.90. The number of amides is 3. The molecule has 61 heavy (non-hydrogen) atoms. The zero-order valence-electron chi connectivity index (χ0n) is 41.4. The summed E-state index contributed by atoms with van der Waals surface area (Å²) in [4.78, 5) is 51.0. The molecule has 15 heteroatoms. The Balaban J connectivity index is -0.000000762. The van der Waals surface area contributed by atoms with Gasteiger partial charge in [0.25, 0.3) is 0 Å². The van der Waals surface area contributed by atoms with Gasteiger partial charge in [-0.1, -0.05) is 73.6 Å². The first-order chi connectivity index (χ1) is 28.9. The monoisotopic (exact) mass is 871 g/mol. The number of ether oxygens (including phenoxy) is 2. The molecule has 5 unspecified atom stereocenters. The third-order valence-corrected chi connectivity index (χ3v) is 10.1. The van der Waals surface area contributed by atoms with Gasteiger partial charge < -0.3 is 45.3 Å². The zero-order valence-corrected chi connectivity index (χ0v) is 41.4. The number of benzene rings is 1. The zero-order chi connectivity index (χ0) is 48.1. The van der Waals surface area contributed by atoms with Crippen molar-refractivity contribution in [3.63, 3.8) is 0 Å². The van der Waals surface area contributed by atoms with Crippen LogP contribution in [0.2, 0.25) is 0 Å². The summed E-state index contributed by atoms with van der Waals surface area (Å²) < 4.78 is 22.4. The number of aldehydes is 1. The normalized spacial score (nSPS) is 15.2. The Kier molecular flexibility index (Phi) is 42.4. The van der Waals surface area contributed by atoms with Crippen LogP contribution in [0.5, 0.6) is 0 Å². The highest BCUT2D eigenvalue weighted by Crippen LogP contribution is 2.31. The van der Waals surface area contributed by atoms with E-state index in [9.17, 15) is 14.1 Å². The van der Waals surface area contributed by atoms with Crippen LogP contribution in [0.15, 0.2) is 36.5 Å². The molecule has 6 atom stereocenters. The van der Waals surface area contributed by atoms with E-state index >= 15 is 0 Å². The molecule has 0 saturated carbocycles. The topological polar surface area (TPSA) is 171 Å². The molecule has 3 amide bonds. The Morgan fingerprint density at radius 1 is 0.984 bits per heavy atom. The molecular weight excluding hydrogens is 780 g/mol. The highest BCUT2D eigenvalue weighted by Gasteiger charge is 2.37. The Labute approximate surface area is 371 Å². The maximum atomic E-state index is 13.7. The first-order valence-corrected chi connectivity index (χ1v) is 22.1. The fraction of sp³-hybridized carbons (Fsp3) is 0.739. The lowest BCUT2D eigenvalue weighted by Crippen LogP contribution is -2.46. The second-order valence-electron chi connectivity index (χ2n) is 15.2. The number of nitrogens with two attached hydrogens (primary N) is 1. The van der Waals surface area contributed by atoms with Crippen LogP contribution in [-0.4, -0.2) is 132 Å². The van der Waals surface area contributed by atoms with E-state index in [1.165, 1.54) is 0 Å². The Bertz CT molecular complexity index is 1240. The number of nitrogens with zero attached hydrogens (tertiary/aromatic N) is 3. The minimum absolute atomic E-state index is 0.0165. The van der Waals surface area contributed by atoms with Crippen molar-refractivity contribution in [1.29, 1.82) is 0 Å². The van der Waals surface area contributed by atoms with Gasteiger partial charge in [0, 0.05) is 57.6 Å². The number of nitrogens with one attached hydrogen (secondary N) is 4. The van der Waals surface area contributed by atoms with Crippen LogP contribution in [0.3, 0.4) is 0 Å². The van der Waals surface area contributed by atoms with Crippen molar-refractivity contribution < 1.29 is 33.1 Å². The number of allylic oxidation sites excluding steroid dienone is 1. The van der Waals surface area contributed by atoms with E-state index in [4.69, 9.17) is 19.1 Å². The van der Waals surface area contributed by atoms with Gasteiger partial charge in [-0.3, -0.25) is 19.7 Å². The van der Waals surface area contributed by atoms with Crippen LogP contribution >= 0.6 is 0 Å². The van der Waals surface area contributed by atoms with E-state index in [1.807, 2.05) is 84.9 Å². The van der Waals surface area contributed by atoms with Gasteiger partial charge >= 0.3 is 0 Å². The third-order valence-electron chi connectivity index (χ3n) is 10.1. The fourth-order valence-electron chi connectivity index (χ4n) is 6.24. The van der Waals surface area contributed by atoms with Gasteiger partial charge in [-0.15, -0.1) is 4.48 Å². The fourth-order valence-corrected chi connectivity index (χ4v) is 6.24. The molecule has 0 radical (unpaired) electrons. The largest absolute Gasteiger partial charge is 0.388 e. The van der Waals surface area contributed by atoms with Crippen LogP contribution in [0.4, 0.5) is 10.2 Å². The maximum Gasteiger partial charge on any atom is 0.225 e. The number of anilines is 1. The van der Waals surface area contributed by atoms with Gasteiger partial charge in [0.1, 0.15) is 12.4 Å². The van der Waals surface area contributed by atoms with E-state index in [-0.39, 0.29) is 61.0 Å². The molecule has 0 aromatic heterocycles. The number of likely N-dealkylation sites (tertiary alicyclic amines) is 1. The average Bonchev–Trinajstić information content (AvgIpc) is 3.74. The van der Waals surface area contributed by atoms with Gasteiger partial charge in [0.15, 0.2) is 0 Å². The number of hydrogen-bond donors (Lipinski definition) is 5. The summed E-state index contributed by atoms with van der Waals surface area (Å²) in [6, 6.07) is 8.58. The summed E-state index contributed by atoms with van der Waals surface area (Å²) in [5.41, 5.74) is 8.39. The molecule has 0 spiro atoms. The summed E-state index contributed by atoms with van der Waals surface area (Å²) in [5.74, 6) is 0.675. The molecule has 1 aliphatic heterocycles. The summed E-state index contributed by atoms with van der Waals surface area (Å²) in [5, 5.41) is 9.37. The molecule has 6 N–H and O–H groups in total. The molecule has 1 aliphatic rings. The van der Waals surface area contributed by atoms with Crippen molar-refractivity contribution in [2.24, 2.45) is 17.6 Å². The van der Waals surface area contributed by atoms with Crippen molar-refractivity contribution in [3.05, 3.63) is 42.1 Å². The number of halogens is 1. The van der Waals surface area contributed by atoms with Crippen molar-refractivity contribution in [1.82, 2.24) is 30.9 Å². The molecule has 1 aromatic rings. The number of rotatable bonds is 22. The van der Waals surface area contributed by atoms with E-state index in [2.05, 4.69) is 93.7 Å². The number of carbonyl (C=O) groups excluding carboxylic acids is 4. The van der Waals surface area contributed by atoms with Crippen molar-refractivity contribution in [3.8, 4) is 0 Å². The minimum Gasteiger partial charge on any atom is -0.388 e. The standard InChI is InChI=1S/C34H59N5O4.C5H13N.C2H4FNO.2C2H6.CH3NO/c1-11-27(20-32(40)37-25(5)34(43-22-35-7)28-14-16-29(36-8)17-15-28)30-13-12-18-39(30)33(41)21-31(42-10)26(6)38(9)24(4)19-23(2)3;1-5(2)6(3)4;3-4-1-2-5;2*1-2;2-1-3/h14-17,23,25-27,30-31,34-36H,4,11-13,18-22H2,1-3,5-10H3,(H,37,40);5H,1-4H3;2,4H,1H2;2*1-2H3;1H,(H2,2,3)/t25-,26?,27?,30?,31?,34?;;;;;/m1...../s1. The van der Waals surface area contributed by atoms with Crippen molar-refractivity contribution in [2.45, 2.75) is 151 Å². The summed E-state index contributed by atoms with van der Waals surface area (Å²) in [6.07, 6.45) is 4.42. The smallest absolute Gasteiger partial charge is 0.225 e. The number of methoxy groups -OCH3 is 1. The second-order valence-corrected chi connectivity index (χ2v) is 15.2. The quantitative estimate of drug-likeness (QED) is 0.0465. The molecule has 14 nitrogen and oxygen atoms in total. The highest BCUT2D eigenvalue weighted by molar-refractivity contribution is 5.78. The van der Waals surface area contributed by atoms with Crippen LogP contribution in [0.25, 0.3) is 0 Å². The number of likely N-dealkylation sites (N-methyl/N-ethyl adjacent to an activating group) is 1. The average molecular weight is 871 g/mol. The van der Waals surface area contributed by atoms with Gasteiger partial charge in [-0.05, 0) is 97.6 Å². The predicted octanol–water partition coefficient (Wildman–Crippen LogP) is 6.93. The SMILES string of the molecule is C=C(CC(C)C)N(C)C(C)C(CC(=O)N1CCCC1C(CC)CC(=O)N[C@H](C)C(OCNC)c1ccc(NC)cc1)OC.CC.CC.CC(C)N(C)C.NC=O.O=CCNF. The lowest BCUT2D eigenvalue weighted by molar-refractivity contribution is -0.137. The molecule has 1 heterocycles. The maximum absolute atomic E-state index is 13.7. The molecule has 1 fully saturated rings. The first-order valence-electron chi connectivity index (χ1n) is 22.1. The van der Waals surface area contributed by atoms with Crippen LogP contribution in [0, 0.1) is 11.8 Å². The minimum atomic E-state index is -0.297. The Morgan fingerprint density at radius 2 is 1.52 bits per heavy atom. The lowest BCUT2D eigenvalue weighted by Gasteiger charge is -2.36. The molecule has 1 aromatic carbocycles. The van der Waals surface area contributed by atoms with Crippen molar-refractivity contribution >= 4 is 30.2 Å². The van der Waals surface area contributed by atoms with Crippen molar-refractivity contribution in [2.75, 3.05) is 67.5 Å². The van der Waals surface area contributed by atoms with Crippen LogP contribution in [0.1, 0.15) is 126 Å². The predicted molar refractivity (Wildman–Crippen MR) is 253 cm³/mol. The Hall–Kier alpha value is -3.63. The molecule has 2 rings (SSSR count). The molecular formula is C46H91FN8O6. The van der Waals surface area contributed by atoms with Gasteiger partial charge in [-0.2, -0.15) is 5.54 Å². The summed E-state index contributed by atoms with van der Waals surface area (Å²) >= 11 is 0. The molecule has 0 aliphatic carbocycles. The van der Waals surface area contributed by atoms with Gasteiger partial charge in [0.05, 0.1) is 37.9 Å². The van der Waals surface area contributed by atoms with Gasteiger partial charge in [-0.25, -0.2) is 0 Å². The third kappa shape index (κ3) is 28.6. The molecule has 358 valence electrons. The number of primary amides is 1. The highest BCUT2D eigenvalue weighted by atomic mass is 19.2. The summed E-state index contributed by atoms with van der Waals surface area (Å²) in [7, 11) is 11.6. The van der Waals surface area contributed by atoms with Crippen LogP contribution < -0.4 is 27.2 Å². The molecule has 0 bridgehead atoms. The summed E-state index contributed by atoms with van der Waals surface area (Å²) in [6.45, 7) is 28.0. The Morgan fingerprint density at radius 3 is 1.92 bits per heavy atom. The van der Waals surface area contributed by atoms with E-state index in [0.29, 0.717) is 37.8 Å². The van der Waals surface area contributed by atoms with Crippen LogP contribution in [-0.2, 0) is 28.7 Å². The van der Waals surface area contributed by atoms with E-state index < -0.39 is 0 Å². The second kappa shape index (κ2) is 40.4. The molecule has 1 saturated heterocycles. The first kappa shape index (κ1) is 64.0. The number of hydrogen-bond acceptors (Lipinski definition) is 11. The van der Waals surface area contributed by atoms with E-state index in [1.54, 1.807) is 7.11 Å².